The zero-order valence-corrected chi connectivity index (χ0v) is 10.3. The van der Waals surface area contributed by atoms with Gasteiger partial charge in [-0.15, -0.1) is 12.4 Å². The van der Waals surface area contributed by atoms with Gasteiger partial charge in [-0.3, -0.25) is 0 Å². The Morgan fingerprint density at radius 3 is 2.27 bits per heavy atom. The fourth-order valence-electron chi connectivity index (χ4n) is 1.27. The average Bonchev–Trinajstić information content (AvgIpc) is 2.20. The highest BCUT2D eigenvalue weighted by molar-refractivity contribution is 6.32. The second-order valence-electron chi connectivity index (χ2n) is 2.84. The molecule has 3 nitrogen and oxygen atoms in total. The first-order chi connectivity index (χ1) is 6.72. The van der Waals surface area contributed by atoms with E-state index in [-0.39, 0.29) is 12.4 Å². The van der Waals surface area contributed by atoms with Crippen LogP contribution in [-0.2, 0) is 6.42 Å². The van der Waals surface area contributed by atoms with Crippen molar-refractivity contribution in [3.8, 4) is 11.5 Å². The molecule has 0 saturated carbocycles. The summed E-state index contributed by atoms with van der Waals surface area (Å²) in [5.41, 5.74) is 6.49. The predicted octanol–water partition coefficient (Wildman–Crippen LogP) is 2.28. The molecule has 0 heterocycles. The lowest BCUT2D eigenvalue weighted by molar-refractivity contribution is 0.399. The zero-order chi connectivity index (χ0) is 10.6. The highest BCUT2D eigenvalue weighted by Gasteiger charge is 2.08. The monoisotopic (exact) mass is 251 g/mol. The molecule has 86 valence electrons. The number of hydrogen-bond donors (Lipinski definition) is 1. The van der Waals surface area contributed by atoms with Crippen LogP contribution in [0.1, 0.15) is 5.56 Å². The lowest BCUT2D eigenvalue weighted by Crippen LogP contribution is -2.04. The molecule has 15 heavy (non-hydrogen) atoms. The SMILES string of the molecule is COc1cc(CCN)c(OC)cc1Cl.Cl. The van der Waals surface area contributed by atoms with Crippen molar-refractivity contribution >= 4 is 24.0 Å². The molecule has 0 spiro atoms. The summed E-state index contributed by atoms with van der Waals surface area (Å²) in [7, 11) is 3.19. The second kappa shape index (κ2) is 6.77. The van der Waals surface area contributed by atoms with Gasteiger partial charge in [0.15, 0.2) is 0 Å². The minimum Gasteiger partial charge on any atom is -0.496 e. The van der Waals surface area contributed by atoms with Crippen LogP contribution in [0.3, 0.4) is 0 Å². The summed E-state index contributed by atoms with van der Waals surface area (Å²) in [6.45, 7) is 0.571. The molecule has 1 aromatic rings. The summed E-state index contributed by atoms with van der Waals surface area (Å²) in [5, 5.41) is 0.546. The predicted molar refractivity (Wildman–Crippen MR) is 64.6 cm³/mol. The Bertz CT molecular complexity index is 319. The highest BCUT2D eigenvalue weighted by atomic mass is 35.5. The molecule has 0 radical (unpaired) electrons. The van der Waals surface area contributed by atoms with Crippen LogP contribution in [-0.4, -0.2) is 20.8 Å². The Morgan fingerprint density at radius 1 is 1.20 bits per heavy atom. The molecule has 0 aliphatic carbocycles. The normalized spacial score (nSPS) is 9.33. The first-order valence-corrected chi connectivity index (χ1v) is 4.71. The third-order valence-electron chi connectivity index (χ3n) is 1.97. The molecule has 1 aromatic carbocycles. The summed E-state index contributed by atoms with van der Waals surface area (Å²) >= 11 is 5.94. The van der Waals surface area contributed by atoms with E-state index in [2.05, 4.69) is 0 Å². The van der Waals surface area contributed by atoms with E-state index >= 15 is 0 Å². The van der Waals surface area contributed by atoms with Gasteiger partial charge in [0, 0.05) is 6.07 Å². The molecule has 1 rings (SSSR count). The van der Waals surface area contributed by atoms with Crippen LogP contribution in [0.5, 0.6) is 11.5 Å². The van der Waals surface area contributed by atoms with Crippen molar-refractivity contribution in [3.63, 3.8) is 0 Å². The molecule has 0 aliphatic rings. The molecule has 0 atom stereocenters. The molecule has 2 N–H and O–H groups in total. The van der Waals surface area contributed by atoms with Gasteiger partial charge in [0.25, 0.3) is 0 Å². The molecule has 0 aromatic heterocycles. The van der Waals surface area contributed by atoms with E-state index in [0.29, 0.717) is 17.3 Å². The van der Waals surface area contributed by atoms with E-state index < -0.39 is 0 Å². The van der Waals surface area contributed by atoms with Gasteiger partial charge in [-0.1, -0.05) is 11.6 Å². The maximum absolute atomic E-state index is 5.94. The zero-order valence-electron chi connectivity index (χ0n) is 8.75. The van der Waals surface area contributed by atoms with Crippen LogP contribution in [0.4, 0.5) is 0 Å². The molecule has 0 amide bonds. The Balaban J connectivity index is 0.00000196. The van der Waals surface area contributed by atoms with Crippen LogP contribution in [0.15, 0.2) is 12.1 Å². The molecule has 0 unspecified atom stereocenters. The van der Waals surface area contributed by atoms with Crippen molar-refractivity contribution in [3.05, 3.63) is 22.7 Å². The molecule has 5 heteroatoms. The number of methoxy groups -OCH3 is 2. The molecule has 0 fully saturated rings. The number of benzene rings is 1. The van der Waals surface area contributed by atoms with Gasteiger partial charge in [-0.05, 0) is 24.6 Å². The summed E-state index contributed by atoms with van der Waals surface area (Å²) in [4.78, 5) is 0. The molecule has 0 aliphatic heterocycles. The fraction of sp³-hybridized carbons (Fsp3) is 0.400. The smallest absolute Gasteiger partial charge is 0.137 e. The van der Waals surface area contributed by atoms with Gasteiger partial charge in [-0.2, -0.15) is 0 Å². The molecular formula is C10H15Cl2NO2. The minimum atomic E-state index is 0. The number of hydrogen-bond acceptors (Lipinski definition) is 3. The average molecular weight is 252 g/mol. The lowest BCUT2D eigenvalue weighted by atomic mass is 10.1. The van der Waals surface area contributed by atoms with Gasteiger partial charge < -0.3 is 15.2 Å². The number of nitrogens with two attached hydrogens (primary N) is 1. The van der Waals surface area contributed by atoms with Gasteiger partial charge in [-0.25, -0.2) is 0 Å². The summed E-state index contributed by atoms with van der Waals surface area (Å²) in [6.07, 6.45) is 0.747. The third kappa shape index (κ3) is 3.45. The number of ether oxygens (including phenoxy) is 2. The van der Waals surface area contributed by atoms with E-state index in [1.54, 1.807) is 20.3 Å². The second-order valence-corrected chi connectivity index (χ2v) is 3.24. The van der Waals surface area contributed by atoms with Gasteiger partial charge in [0.1, 0.15) is 11.5 Å². The highest BCUT2D eigenvalue weighted by Crippen LogP contribution is 2.32. The largest absolute Gasteiger partial charge is 0.496 e. The molecular weight excluding hydrogens is 237 g/mol. The van der Waals surface area contributed by atoms with Crippen LogP contribution in [0, 0.1) is 0 Å². The minimum absolute atomic E-state index is 0. The summed E-state index contributed by atoms with van der Waals surface area (Å²) in [6, 6.07) is 3.60. The molecule has 0 saturated heterocycles. The topological polar surface area (TPSA) is 44.5 Å². The van der Waals surface area contributed by atoms with Crippen LogP contribution in [0.2, 0.25) is 5.02 Å². The Labute approximate surface area is 101 Å². The fourth-order valence-corrected chi connectivity index (χ4v) is 1.51. The van der Waals surface area contributed by atoms with E-state index in [1.165, 1.54) is 0 Å². The van der Waals surface area contributed by atoms with Gasteiger partial charge in [0.2, 0.25) is 0 Å². The van der Waals surface area contributed by atoms with Crippen molar-refractivity contribution in [2.45, 2.75) is 6.42 Å². The van der Waals surface area contributed by atoms with Crippen molar-refractivity contribution < 1.29 is 9.47 Å². The number of rotatable bonds is 4. The van der Waals surface area contributed by atoms with Crippen molar-refractivity contribution in [1.29, 1.82) is 0 Å². The first-order valence-electron chi connectivity index (χ1n) is 4.33. The maximum Gasteiger partial charge on any atom is 0.137 e. The van der Waals surface area contributed by atoms with Crippen LogP contribution in [0.25, 0.3) is 0 Å². The van der Waals surface area contributed by atoms with Crippen molar-refractivity contribution in [1.82, 2.24) is 0 Å². The quantitative estimate of drug-likeness (QED) is 0.894. The van der Waals surface area contributed by atoms with E-state index in [1.807, 2.05) is 6.07 Å². The summed E-state index contributed by atoms with van der Waals surface area (Å²) < 4.78 is 10.3. The number of halogens is 2. The Hall–Kier alpha value is -0.640. The van der Waals surface area contributed by atoms with Crippen LogP contribution >= 0.6 is 24.0 Å². The lowest BCUT2D eigenvalue weighted by Gasteiger charge is -2.11. The third-order valence-corrected chi connectivity index (χ3v) is 2.26. The standard InChI is InChI=1S/C10H14ClNO2.ClH/c1-13-9-6-8(11)10(14-2)5-7(9)3-4-12;/h5-6H,3-4,12H2,1-2H3;1H. The van der Waals surface area contributed by atoms with Crippen molar-refractivity contribution in [2.24, 2.45) is 5.73 Å². The maximum atomic E-state index is 5.94. The van der Waals surface area contributed by atoms with Gasteiger partial charge >= 0.3 is 0 Å². The van der Waals surface area contributed by atoms with Crippen molar-refractivity contribution in [2.75, 3.05) is 20.8 Å². The Morgan fingerprint density at radius 2 is 1.80 bits per heavy atom. The first kappa shape index (κ1) is 14.4. The van der Waals surface area contributed by atoms with Gasteiger partial charge in [0.05, 0.1) is 19.2 Å². The van der Waals surface area contributed by atoms with E-state index in [9.17, 15) is 0 Å². The van der Waals surface area contributed by atoms with Crippen LogP contribution < -0.4 is 15.2 Å². The van der Waals surface area contributed by atoms with E-state index in [0.717, 1.165) is 17.7 Å². The van der Waals surface area contributed by atoms with E-state index in [4.69, 9.17) is 26.8 Å². The molecule has 0 bridgehead atoms. The summed E-state index contributed by atoms with van der Waals surface area (Å²) in [5.74, 6) is 1.40. The Kier molecular flexibility index (Phi) is 6.48.